The van der Waals surface area contributed by atoms with Crippen LogP contribution in [0.25, 0.3) is 0 Å². The molecule has 11 heteroatoms. The second kappa shape index (κ2) is 12.8. The Labute approximate surface area is 314 Å². The average Bonchev–Trinajstić information content (AvgIpc) is 3.53. The quantitative estimate of drug-likeness (QED) is 0.123. The van der Waals surface area contributed by atoms with Crippen molar-refractivity contribution in [3.05, 3.63) is 123 Å². The zero-order valence-electron chi connectivity index (χ0n) is 28.7. The summed E-state index contributed by atoms with van der Waals surface area (Å²) >= 11 is 2.18. The average molecular weight is 810 g/mol. The van der Waals surface area contributed by atoms with Crippen LogP contribution in [-0.2, 0) is 24.6 Å². The second-order valence-electron chi connectivity index (χ2n) is 13.8. The van der Waals surface area contributed by atoms with Crippen LogP contribution in [0.4, 0.5) is 11.4 Å². The summed E-state index contributed by atoms with van der Waals surface area (Å²) in [6.45, 7) is 1.95. The smallest absolute Gasteiger partial charge is 0.260 e. The highest BCUT2D eigenvalue weighted by atomic mass is 127. The molecule has 2 saturated heterocycles. The van der Waals surface area contributed by atoms with Crippen LogP contribution >= 0.6 is 22.6 Å². The summed E-state index contributed by atoms with van der Waals surface area (Å²) in [5.41, 5.74) is 5.20. The molecule has 4 amide bonds. The predicted molar refractivity (Wildman–Crippen MR) is 202 cm³/mol. The van der Waals surface area contributed by atoms with Crippen molar-refractivity contribution in [2.75, 3.05) is 24.5 Å². The number of aromatic hydroxyl groups is 1. The van der Waals surface area contributed by atoms with Crippen molar-refractivity contribution in [3.63, 3.8) is 0 Å². The zero-order valence-corrected chi connectivity index (χ0v) is 30.9. The summed E-state index contributed by atoms with van der Waals surface area (Å²) in [4.78, 5) is 60.1. The Morgan fingerprint density at radius 1 is 0.846 bits per heavy atom. The number of methoxy groups -OCH3 is 2. The summed E-state index contributed by atoms with van der Waals surface area (Å²) < 4.78 is 12.4. The van der Waals surface area contributed by atoms with E-state index in [9.17, 15) is 19.5 Å². The number of aryl methyl sites for hydroxylation is 1. The van der Waals surface area contributed by atoms with E-state index in [4.69, 9.17) is 9.47 Å². The summed E-state index contributed by atoms with van der Waals surface area (Å²) in [6.07, 6.45) is 2.34. The maximum absolute atomic E-state index is 15.4. The minimum absolute atomic E-state index is 0.133. The maximum Gasteiger partial charge on any atom is 0.260 e. The van der Waals surface area contributed by atoms with Gasteiger partial charge >= 0.3 is 0 Å². The number of nitrogens with one attached hydrogen (secondary N) is 1. The first-order valence-corrected chi connectivity index (χ1v) is 18.2. The first kappa shape index (κ1) is 33.9. The van der Waals surface area contributed by atoms with E-state index in [1.165, 1.54) is 25.2 Å². The van der Waals surface area contributed by atoms with Crippen molar-refractivity contribution >= 4 is 57.6 Å². The molecule has 0 bridgehead atoms. The molecule has 8 rings (SSSR count). The van der Waals surface area contributed by atoms with Crippen LogP contribution in [0.5, 0.6) is 17.2 Å². The summed E-state index contributed by atoms with van der Waals surface area (Å²) in [5.74, 6) is -5.12. The minimum atomic E-state index is -1.56. The number of allylic oxidation sites excluding steroid dienone is 2. The molecule has 4 aromatic carbocycles. The molecule has 4 aliphatic rings. The van der Waals surface area contributed by atoms with Gasteiger partial charge in [0, 0.05) is 27.2 Å². The van der Waals surface area contributed by atoms with Gasteiger partial charge in [-0.25, -0.2) is 0 Å². The van der Waals surface area contributed by atoms with E-state index in [1.807, 2.05) is 67.6 Å². The monoisotopic (exact) mass is 809 g/mol. The Bertz CT molecular complexity index is 2150. The standard InChI is InChI=1S/C41H36IN3O7/c1-22-9-13-25(14-10-22)43-45-38(48)31-21-30-28(17-18-29-34(30)39(49)44(37(29)47)26-15-11-24(42)12-16-26)36(35-32(46)19-27(51-2)20-33(35)52-3)41(31,40(45)50)23-7-5-4-6-8-23/h4-17,19-20,29-31,34,36,43,46H,18,21H2,1-3H3. The third-order valence-electron chi connectivity index (χ3n) is 11.3. The molecule has 2 N–H and O–H groups in total. The van der Waals surface area contributed by atoms with Gasteiger partial charge in [-0.1, -0.05) is 59.7 Å². The van der Waals surface area contributed by atoms with Crippen molar-refractivity contribution < 1.29 is 33.8 Å². The molecule has 1 saturated carbocycles. The normalized spacial score (nSPS) is 26.5. The Kier molecular flexibility index (Phi) is 8.36. The number of amides is 4. The number of carbonyl (C=O) groups excluding carboxylic acids is 4. The van der Waals surface area contributed by atoms with Gasteiger partial charge in [0.05, 0.1) is 48.8 Å². The lowest BCUT2D eigenvalue weighted by Crippen LogP contribution is -2.53. The SMILES string of the molecule is COc1cc(O)c(C2C3=CCC4C(=O)N(c5ccc(I)cc5)C(=O)C4C3CC3C(=O)N(Nc4ccc(C)cc4)C(=O)C32c2ccccc2)c(OC)c1. The topological polar surface area (TPSA) is 125 Å². The molecule has 2 aliphatic carbocycles. The van der Waals surface area contributed by atoms with Gasteiger partial charge in [0.2, 0.25) is 11.8 Å². The number of nitrogens with zero attached hydrogens (tertiary/aromatic N) is 2. The van der Waals surface area contributed by atoms with Gasteiger partial charge in [-0.3, -0.25) is 29.5 Å². The number of anilines is 2. The second-order valence-corrected chi connectivity index (χ2v) is 15.1. The number of fused-ring (bicyclic) bond motifs is 4. The minimum Gasteiger partial charge on any atom is -0.507 e. The molecule has 52 heavy (non-hydrogen) atoms. The number of hydrazine groups is 1. The third kappa shape index (κ3) is 4.96. The summed E-state index contributed by atoms with van der Waals surface area (Å²) in [6, 6.07) is 26.9. The Hall–Kier alpha value is -5.17. The van der Waals surface area contributed by atoms with Crippen molar-refractivity contribution in [2.45, 2.75) is 31.1 Å². The first-order valence-electron chi connectivity index (χ1n) is 17.2. The Morgan fingerprint density at radius 2 is 1.56 bits per heavy atom. The molecule has 2 aliphatic heterocycles. The first-order chi connectivity index (χ1) is 25.1. The van der Waals surface area contributed by atoms with E-state index < -0.39 is 46.8 Å². The molecule has 2 heterocycles. The number of rotatable bonds is 7. The molecule has 0 radical (unpaired) electrons. The maximum atomic E-state index is 15.4. The molecule has 264 valence electrons. The zero-order chi connectivity index (χ0) is 36.5. The molecular weight excluding hydrogens is 773 g/mol. The lowest BCUT2D eigenvalue weighted by Gasteiger charge is -2.50. The molecule has 10 nitrogen and oxygen atoms in total. The number of imide groups is 2. The number of phenolic OH excluding ortho intramolecular Hbond substituents is 1. The number of benzene rings is 4. The van der Waals surface area contributed by atoms with E-state index in [0.29, 0.717) is 33.8 Å². The summed E-state index contributed by atoms with van der Waals surface area (Å²) in [5, 5.41) is 13.0. The van der Waals surface area contributed by atoms with Crippen LogP contribution in [0.1, 0.15) is 35.4 Å². The molecule has 0 spiro atoms. The van der Waals surface area contributed by atoms with E-state index in [0.717, 1.165) is 14.1 Å². The van der Waals surface area contributed by atoms with Crippen LogP contribution in [0, 0.1) is 34.2 Å². The number of hydrogen-bond donors (Lipinski definition) is 2. The molecule has 0 aromatic heterocycles. The van der Waals surface area contributed by atoms with Crippen LogP contribution < -0.4 is 19.8 Å². The van der Waals surface area contributed by atoms with Gasteiger partial charge in [-0.05, 0) is 90.2 Å². The highest BCUT2D eigenvalue weighted by Gasteiger charge is 2.71. The van der Waals surface area contributed by atoms with Gasteiger partial charge in [-0.15, -0.1) is 0 Å². The fraction of sp³-hybridized carbons (Fsp3) is 0.268. The largest absolute Gasteiger partial charge is 0.507 e. The van der Waals surface area contributed by atoms with Crippen LogP contribution in [0.3, 0.4) is 0 Å². The van der Waals surface area contributed by atoms with Crippen molar-refractivity contribution in [2.24, 2.45) is 23.7 Å². The van der Waals surface area contributed by atoms with Gasteiger partial charge in [0.15, 0.2) is 0 Å². The van der Waals surface area contributed by atoms with Crippen LogP contribution in [0.2, 0.25) is 0 Å². The highest BCUT2D eigenvalue weighted by molar-refractivity contribution is 14.1. The number of ether oxygens (including phenoxy) is 2. The number of carbonyl (C=O) groups is 4. The Morgan fingerprint density at radius 3 is 2.23 bits per heavy atom. The number of phenols is 1. The molecule has 4 aromatic rings. The lowest BCUT2D eigenvalue weighted by molar-refractivity contribution is -0.138. The van der Waals surface area contributed by atoms with Crippen molar-refractivity contribution in [3.8, 4) is 17.2 Å². The van der Waals surface area contributed by atoms with Crippen LogP contribution in [-0.4, -0.2) is 48.0 Å². The fourth-order valence-electron chi connectivity index (χ4n) is 9.07. The summed E-state index contributed by atoms with van der Waals surface area (Å²) in [7, 11) is 2.95. The molecule has 3 fully saturated rings. The molecular formula is C41H36IN3O7. The van der Waals surface area contributed by atoms with E-state index in [2.05, 4.69) is 28.0 Å². The Balaban J connectivity index is 1.35. The van der Waals surface area contributed by atoms with E-state index >= 15 is 4.79 Å². The number of hydrogen-bond acceptors (Lipinski definition) is 8. The van der Waals surface area contributed by atoms with Gasteiger partial charge in [0.1, 0.15) is 17.2 Å². The van der Waals surface area contributed by atoms with Crippen molar-refractivity contribution in [1.82, 2.24) is 5.01 Å². The molecule has 6 atom stereocenters. The van der Waals surface area contributed by atoms with Crippen LogP contribution in [0.15, 0.2) is 103 Å². The highest BCUT2D eigenvalue weighted by Crippen LogP contribution is 2.66. The van der Waals surface area contributed by atoms with Gasteiger partial charge < -0.3 is 14.6 Å². The van der Waals surface area contributed by atoms with Gasteiger partial charge in [0.25, 0.3) is 11.8 Å². The number of halogens is 1. The fourth-order valence-corrected chi connectivity index (χ4v) is 9.43. The third-order valence-corrected chi connectivity index (χ3v) is 12.0. The predicted octanol–water partition coefficient (Wildman–Crippen LogP) is 6.51. The lowest BCUT2D eigenvalue weighted by atomic mass is 9.49. The van der Waals surface area contributed by atoms with Gasteiger partial charge in [-0.2, -0.15) is 5.01 Å². The molecule has 6 unspecified atom stereocenters. The van der Waals surface area contributed by atoms with Crippen molar-refractivity contribution in [1.29, 1.82) is 0 Å². The van der Waals surface area contributed by atoms with E-state index in [-0.39, 0.29) is 36.2 Å². The van der Waals surface area contributed by atoms with E-state index in [1.54, 1.807) is 30.3 Å².